The molecule has 1 nitrogen and oxygen atoms in total. The molecule has 82 valence electrons. The van der Waals surface area contributed by atoms with E-state index in [0.717, 1.165) is 0 Å². The molecule has 0 heterocycles. The Morgan fingerprint density at radius 2 is 1.67 bits per heavy atom. The molecule has 0 unspecified atom stereocenters. The second-order valence-electron chi connectivity index (χ2n) is 2.57. The highest BCUT2D eigenvalue weighted by Crippen LogP contribution is 2.29. The Kier molecular flexibility index (Phi) is 3.25. The molecule has 7 heteroatoms. The lowest BCUT2D eigenvalue weighted by atomic mass is 10.1. The van der Waals surface area contributed by atoms with Gasteiger partial charge in [0, 0.05) is 5.56 Å². The van der Waals surface area contributed by atoms with Crippen molar-refractivity contribution < 1.29 is 22.4 Å². The van der Waals surface area contributed by atoms with Gasteiger partial charge in [-0.3, -0.25) is 4.79 Å². The van der Waals surface area contributed by atoms with Gasteiger partial charge in [0.1, 0.15) is 5.82 Å². The molecule has 0 aliphatic rings. The average Bonchev–Trinajstić information content (AvgIpc) is 2.08. The Morgan fingerprint density at radius 3 is 2.13 bits per heavy atom. The van der Waals surface area contributed by atoms with Gasteiger partial charge in [0.05, 0.1) is 10.0 Å². The van der Waals surface area contributed by atoms with Crippen molar-refractivity contribution >= 4 is 29.0 Å². The van der Waals surface area contributed by atoms with Crippen LogP contribution in [-0.2, 0) is 0 Å². The lowest BCUT2D eigenvalue weighted by Gasteiger charge is -2.07. The van der Waals surface area contributed by atoms with Crippen LogP contribution in [0.5, 0.6) is 0 Å². The Morgan fingerprint density at radius 1 is 1.13 bits per heavy atom. The maximum atomic E-state index is 12.7. The first-order chi connectivity index (χ1) is 6.73. The van der Waals surface area contributed by atoms with Crippen LogP contribution < -0.4 is 0 Å². The normalized spacial score (nSPS) is 11.6. The number of hydrogen-bond acceptors (Lipinski definition) is 1. The third-order valence-electron chi connectivity index (χ3n) is 1.51. The van der Waals surface area contributed by atoms with E-state index in [1.165, 1.54) is 0 Å². The molecule has 0 bridgehead atoms. The van der Waals surface area contributed by atoms with E-state index in [1.807, 2.05) is 0 Å². The van der Waals surface area contributed by atoms with Crippen molar-refractivity contribution in [1.29, 1.82) is 0 Å². The smallest absolute Gasteiger partial charge is 0.284 e. The van der Waals surface area contributed by atoms with E-state index in [1.54, 1.807) is 0 Å². The number of carbonyl (C=O) groups is 1. The van der Waals surface area contributed by atoms with E-state index in [9.17, 15) is 22.4 Å². The third-order valence-corrected chi connectivity index (χ3v) is 2.11. The fourth-order valence-electron chi connectivity index (χ4n) is 0.849. The van der Waals surface area contributed by atoms with Gasteiger partial charge in [-0.1, -0.05) is 23.2 Å². The first-order valence-corrected chi connectivity index (χ1v) is 4.25. The fourth-order valence-corrected chi connectivity index (χ4v) is 1.25. The summed E-state index contributed by atoms with van der Waals surface area (Å²) in [6.45, 7) is 0. The van der Waals surface area contributed by atoms with Crippen LogP contribution in [0.3, 0.4) is 0 Å². The van der Waals surface area contributed by atoms with Crippen molar-refractivity contribution in [2.24, 2.45) is 0 Å². The minimum Gasteiger partial charge on any atom is -0.284 e. The van der Waals surface area contributed by atoms with E-state index in [4.69, 9.17) is 23.2 Å². The molecule has 0 saturated heterocycles. The van der Waals surface area contributed by atoms with Crippen molar-refractivity contribution in [2.75, 3.05) is 0 Å². The predicted octanol–water partition coefficient (Wildman–Crippen LogP) is 3.88. The molecule has 0 aliphatic carbocycles. The van der Waals surface area contributed by atoms with E-state index in [0.29, 0.717) is 12.1 Å². The molecule has 0 aromatic heterocycles. The summed E-state index contributed by atoms with van der Waals surface area (Å²) in [5.74, 6) is -3.14. The Hall–Kier alpha value is -0.810. The van der Waals surface area contributed by atoms with Gasteiger partial charge in [0.2, 0.25) is 0 Å². The van der Waals surface area contributed by atoms with Crippen molar-refractivity contribution in [3.8, 4) is 0 Å². The van der Waals surface area contributed by atoms with Gasteiger partial charge in [0.25, 0.3) is 5.78 Å². The van der Waals surface area contributed by atoms with Crippen LogP contribution in [0.2, 0.25) is 10.0 Å². The highest BCUT2D eigenvalue weighted by atomic mass is 35.5. The number of benzene rings is 1. The summed E-state index contributed by atoms with van der Waals surface area (Å²) in [6.07, 6.45) is -5.06. The second-order valence-corrected chi connectivity index (χ2v) is 3.39. The molecular formula is C8H2Cl2F4O. The SMILES string of the molecule is O=C(c1cc(Cl)c(F)cc1Cl)C(F)(F)F. The molecular weight excluding hydrogens is 259 g/mol. The molecule has 0 radical (unpaired) electrons. The van der Waals surface area contributed by atoms with Gasteiger partial charge >= 0.3 is 6.18 Å². The predicted molar refractivity (Wildman–Crippen MR) is 46.8 cm³/mol. The van der Waals surface area contributed by atoms with E-state index >= 15 is 0 Å². The van der Waals surface area contributed by atoms with Crippen molar-refractivity contribution in [3.63, 3.8) is 0 Å². The van der Waals surface area contributed by atoms with Crippen LogP contribution in [-0.4, -0.2) is 12.0 Å². The first-order valence-electron chi connectivity index (χ1n) is 3.49. The van der Waals surface area contributed by atoms with Gasteiger partial charge in [-0.05, 0) is 12.1 Å². The average molecular weight is 261 g/mol. The topological polar surface area (TPSA) is 17.1 Å². The van der Waals surface area contributed by atoms with Gasteiger partial charge in [0.15, 0.2) is 0 Å². The van der Waals surface area contributed by atoms with Crippen LogP contribution in [0.15, 0.2) is 12.1 Å². The van der Waals surface area contributed by atoms with Crippen LogP contribution in [0.25, 0.3) is 0 Å². The number of rotatable bonds is 1. The zero-order chi connectivity index (χ0) is 11.8. The maximum absolute atomic E-state index is 12.7. The summed E-state index contributed by atoms with van der Waals surface area (Å²) in [7, 11) is 0. The number of alkyl halides is 3. The first kappa shape index (κ1) is 12.3. The molecule has 0 atom stereocenters. The van der Waals surface area contributed by atoms with Crippen molar-refractivity contribution in [3.05, 3.63) is 33.6 Å². The summed E-state index contributed by atoms with van der Waals surface area (Å²) < 4.78 is 48.7. The monoisotopic (exact) mass is 260 g/mol. The van der Waals surface area contributed by atoms with E-state index < -0.39 is 33.4 Å². The number of ketones is 1. The summed E-state index contributed by atoms with van der Waals surface area (Å²) in [5, 5.41) is -1.22. The quantitative estimate of drug-likeness (QED) is 0.426. The van der Waals surface area contributed by atoms with Gasteiger partial charge in [-0.15, -0.1) is 0 Å². The van der Waals surface area contributed by atoms with E-state index in [2.05, 4.69) is 0 Å². The zero-order valence-electron chi connectivity index (χ0n) is 6.83. The number of Topliss-reactive ketones (excluding diaryl/α,β-unsaturated/α-hetero) is 1. The third kappa shape index (κ3) is 2.60. The number of halogens is 6. The van der Waals surface area contributed by atoms with Crippen LogP contribution in [0.4, 0.5) is 17.6 Å². The molecule has 1 aromatic carbocycles. The highest BCUT2D eigenvalue weighted by molar-refractivity contribution is 6.36. The minimum atomic E-state index is -5.06. The lowest BCUT2D eigenvalue weighted by Crippen LogP contribution is -2.23. The Balaban J connectivity index is 3.28. The summed E-state index contributed by atoms with van der Waals surface area (Å²) in [6, 6.07) is 1.11. The van der Waals surface area contributed by atoms with Crippen LogP contribution >= 0.6 is 23.2 Å². The molecule has 0 spiro atoms. The van der Waals surface area contributed by atoms with Gasteiger partial charge in [-0.2, -0.15) is 13.2 Å². The Labute approximate surface area is 91.6 Å². The summed E-state index contributed by atoms with van der Waals surface area (Å²) in [5.41, 5.74) is -0.865. The molecule has 1 aromatic rings. The molecule has 15 heavy (non-hydrogen) atoms. The summed E-state index contributed by atoms with van der Waals surface area (Å²) in [4.78, 5) is 10.8. The van der Waals surface area contributed by atoms with E-state index in [-0.39, 0.29) is 0 Å². The lowest BCUT2D eigenvalue weighted by molar-refractivity contribution is -0.0885. The van der Waals surface area contributed by atoms with Crippen molar-refractivity contribution in [2.45, 2.75) is 6.18 Å². The maximum Gasteiger partial charge on any atom is 0.454 e. The molecule has 0 amide bonds. The second kappa shape index (κ2) is 3.98. The number of carbonyl (C=O) groups excluding carboxylic acids is 1. The minimum absolute atomic E-state index is 0.551. The fraction of sp³-hybridized carbons (Fsp3) is 0.125. The number of hydrogen-bond donors (Lipinski definition) is 0. The molecule has 0 aliphatic heterocycles. The van der Waals surface area contributed by atoms with Crippen LogP contribution in [0, 0.1) is 5.82 Å². The molecule has 0 saturated carbocycles. The highest BCUT2D eigenvalue weighted by Gasteiger charge is 2.40. The van der Waals surface area contributed by atoms with Crippen LogP contribution in [0.1, 0.15) is 10.4 Å². The van der Waals surface area contributed by atoms with Gasteiger partial charge in [-0.25, -0.2) is 4.39 Å². The van der Waals surface area contributed by atoms with Crippen molar-refractivity contribution in [1.82, 2.24) is 0 Å². The molecule has 1 rings (SSSR count). The largest absolute Gasteiger partial charge is 0.454 e. The molecule has 0 fully saturated rings. The summed E-state index contributed by atoms with van der Waals surface area (Å²) >= 11 is 10.5. The molecule has 0 N–H and O–H groups in total. The van der Waals surface area contributed by atoms with Gasteiger partial charge < -0.3 is 0 Å². The Bertz CT molecular complexity index is 414. The zero-order valence-corrected chi connectivity index (χ0v) is 8.34. The standard InChI is InChI=1S/C8H2Cl2F4O/c9-4-2-6(11)5(10)1-3(4)7(15)8(12,13)14/h1-2H.